The minimum Gasteiger partial charge on any atom is -0.480 e. The number of amides is 3. The maximum absolute atomic E-state index is 12.6. The van der Waals surface area contributed by atoms with E-state index in [1.165, 1.54) is 0 Å². The number of thiol groups is 1. The van der Waals surface area contributed by atoms with E-state index in [4.69, 9.17) is 17.2 Å². The molecule has 0 aromatic rings. The number of rotatable bonds is 14. The van der Waals surface area contributed by atoms with Crippen LogP contribution in [-0.2, 0) is 19.2 Å². The molecule has 0 aromatic heterocycles. The second-order valence-corrected chi connectivity index (χ2v) is 7.47. The molecular formula is C17H33N7O5S. The summed E-state index contributed by atoms with van der Waals surface area (Å²) in [7, 11) is 0. The predicted molar refractivity (Wildman–Crippen MR) is 116 cm³/mol. The van der Waals surface area contributed by atoms with Gasteiger partial charge in [-0.25, -0.2) is 4.79 Å². The van der Waals surface area contributed by atoms with Crippen LogP contribution in [0, 0.1) is 5.92 Å². The van der Waals surface area contributed by atoms with Crippen molar-refractivity contribution in [3.63, 3.8) is 0 Å². The number of carboxylic acids is 1. The van der Waals surface area contributed by atoms with Gasteiger partial charge in [-0.3, -0.25) is 19.4 Å². The van der Waals surface area contributed by atoms with Crippen molar-refractivity contribution in [1.29, 1.82) is 0 Å². The maximum atomic E-state index is 12.6. The summed E-state index contributed by atoms with van der Waals surface area (Å²) in [5.41, 5.74) is 15.9. The normalized spacial score (nSPS) is 13.6. The molecule has 10 N–H and O–H groups in total. The fourth-order valence-corrected chi connectivity index (χ4v) is 2.53. The van der Waals surface area contributed by atoms with Crippen molar-refractivity contribution < 1.29 is 24.3 Å². The first-order valence-corrected chi connectivity index (χ1v) is 10.1. The summed E-state index contributed by atoms with van der Waals surface area (Å²) in [6.07, 6.45) is 0.730. The van der Waals surface area contributed by atoms with Crippen molar-refractivity contribution in [3.8, 4) is 0 Å². The van der Waals surface area contributed by atoms with Gasteiger partial charge in [0.15, 0.2) is 5.96 Å². The highest BCUT2D eigenvalue weighted by molar-refractivity contribution is 7.80. The summed E-state index contributed by atoms with van der Waals surface area (Å²) in [5, 5.41) is 16.6. The lowest BCUT2D eigenvalue weighted by Crippen LogP contribution is -2.54. The zero-order chi connectivity index (χ0) is 23.3. The third kappa shape index (κ3) is 12.1. The molecule has 0 saturated carbocycles. The van der Waals surface area contributed by atoms with Gasteiger partial charge < -0.3 is 38.3 Å². The Labute approximate surface area is 181 Å². The van der Waals surface area contributed by atoms with Crippen LogP contribution in [0.2, 0.25) is 0 Å². The van der Waals surface area contributed by atoms with Gasteiger partial charge in [0, 0.05) is 12.3 Å². The van der Waals surface area contributed by atoms with Gasteiger partial charge in [-0.15, -0.1) is 0 Å². The molecule has 0 saturated heterocycles. The van der Waals surface area contributed by atoms with Crippen LogP contribution in [0.15, 0.2) is 4.99 Å². The molecule has 0 radical (unpaired) electrons. The molecule has 0 aliphatic carbocycles. The Balaban J connectivity index is 4.90. The number of carboxylic acid groups (broad SMARTS) is 1. The fourth-order valence-electron chi connectivity index (χ4n) is 2.36. The monoisotopic (exact) mass is 447 g/mol. The smallest absolute Gasteiger partial charge is 0.326 e. The van der Waals surface area contributed by atoms with Crippen molar-refractivity contribution in [1.82, 2.24) is 16.0 Å². The van der Waals surface area contributed by atoms with Crippen LogP contribution in [0.5, 0.6) is 0 Å². The summed E-state index contributed by atoms with van der Waals surface area (Å²) in [4.78, 5) is 51.6. The van der Waals surface area contributed by atoms with E-state index < -0.39 is 41.8 Å². The summed E-state index contributed by atoms with van der Waals surface area (Å²) in [6, 6.07) is -2.98. The number of nitrogens with zero attached hydrogens (tertiary/aromatic N) is 1. The van der Waals surface area contributed by atoms with Gasteiger partial charge in [0.1, 0.15) is 12.1 Å². The second-order valence-electron chi connectivity index (χ2n) is 7.10. The van der Waals surface area contributed by atoms with Crippen LogP contribution in [-0.4, -0.2) is 71.7 Å². The average Bonchev–Trinajstić information content (AvgIpc) is 2.66. The number of hydrogen-bond acceptors (Lipinski definition) is 7. The molecular weight excluding hydrogens is 414 g/mol. The van der Waals surface area contributed by atoms with Crippen molar-refractivity contribution >= 4 is 42.3 Å². The van der Waals surface area contributed by atoms with Gasteiger partial charge in [-0.1, -0.05) is 13.8 Å². The fraction of sp³-hybridized carbons (Fsp3) is 0.706. The Morgan fingerprint density at radius 1 is 1.07 bits per heavy atom. The molecule has 30 heavy (non-hydrogen) atoms. The van der Waals surface area contributed by atoms with Crippen molar-refractivity contribution in [2.45, 2.75) is 51.2 Å². The number of aliphatic carboxylic acids is 1. The van der Waals surface area contributed by atoms with E-state index in [-0.39, 0.29) is 43.6 Å². The highest BCUT2D eigenvalue weighted by Gasteiger charge is 2.27. The molecule has 0 fully saturated rings. The molecule has 0 spiro atoms. The number of hydrogen-bond donors (Lipinski definition) is 8. The van der Waals surface area contributed by atoms with Crippen LogP contribution in [0.1, 0.15) is 33.1 Å². The second kappa shape index (κ2) is 14.4. The van der Waals surface area contributed by atoms with E-state index in [0.29, 0.717) is 6.42 Å². The molecule has 3 unspecified atom stereocenters. The molecule has 172 valence electrons. The predicted octanol–water partition coefficient (Wildman–Crippen LogP) is -2.49. The van der Waals surface area contributed by atoms with Crippen LogP contribution in [0.3, 0.4) is 0 Å². The lowest BCUT2D eigenvalue weighted by molar-refractivity contribution is -0.142. The Morgan fingerprint density at radius 2 is 1.70 bits per heavy atom. The number of nitrogens with one attached hydrogen (secondary N) is 3. The Bertz CT molecular complexity index is 626. The molecule has 13 heteroatoms. The lowest BCUT2D eigenvalue weighted by atomic mass is 10.0. The van der Waals surface area contributed by atoms with Crippen molar-refractivity contribution in [3.05, 3.63) is 0 Å². The van der Waals surface area contributed by atoms with Crippen molar-refractivity contribution in [2.24, 2.45) is 28.1 Å². The lowest BCUT2D eigenvalue weighted by Gasteiger charge is -2.23. The van der Waals surface area contributed by atoms with Gasteiger partial charge in [-0.05, 0) is 25.2 Å². The van der Waals surface area contributed by atoms with E-state index in [9.17, 15) is 24.3 Å². The zero-order valence-corrected chi connectivity index (χ0v) is 18.2. The van der Waals surface area contributed by atoms with Gasteiger partial charge in [0.25, 0.3) is 0 Å². The summed E-state index contributed by atoms with van der Waals surface area (Å²) >= 11 is 3.90. The summed E-state index contributed by atoms with van der Waals surface area (Å²) < 4.78 is 0. The third-order valence-electron chi connectivity index (χ3n) is 3.88. The average molecular weight is 448 g/mol. The minimum absolute atomic E-state index is 0.0402. The standard InChI is InChI=1S/C17H33N7O5S/c1-9(2)6-12(23-13(25)7-22-14(26)10(18)8-30)15(27)24-11(16(28)29)4-3-5-21-17(19)20/h9-12,30H,3-8,18H2,1-2H3,(H,22,26)(H,23,25)(H,24,27)(H,28,29)(H4,19,20,21). The summed E-state index contributed by atoms with van der Waals surface area (Å²) in [5.74, 6) is -2.94. The Hall–Kier alpha value is -2.54. The van der Waals surface area contributed by atoms with Crippen LogP contribution in [0.25, 0.3) is 0 Å². The van der Waals surface area contributed by atoms with Gasteiger partial charge in [0.2, 0.25) is 17.7 Å². The van der Waals surface area contributed by atoms with Crippen LogP contribution < -0.4 is 33.2 Å². The molecule has 0 aromatic carbocycles. The Kier molecular flexibility index (Phi) is 13.2. The Morgan fingerprint density at radius 3 is 2.20 bits per heavy atom. The highest BCUT2D eigenvalue weighted by Crippen LogP contribution is 2.07. The minimum atomic E-state index is -1.21. The first kappa shape index (κ1) is 27.5. The molecule has 0 rings (SSSR count). The molecule has 12 nitrogen and oxygen atoms in total. The first-order chi connectivity index (χ1) is 14.0. The summed E-state index contributed by atoms with van der Waals surface area (Å²) in [6.45, 7) is 3.55. The SMILES string of the molecule is CC(C)CC(NC(=O)CNC(=O)C(N)CS)C(=O)NC(CCCN=C(N)N)C(=O)O. The maximum Gasteiger partial charge on any atom is 0.326 e. The van der Waals surface area contributed by atoms with Crippen molar-refractivity contribution in [2.75, 3.05) is 18.8 Å². The molecule has 3 atom stereocenters. The molecule has 0 heterocycles. The first-order valence-electron chi connectivity index (χ1n) is 9.50. The third-order valence-corrected chi connectivity index (χ3v) is 4.27. The van der Waals surface area contributed by atoms with E-state index in [0.717, 1.165) is 0 Å². The van der Waals surface area contributed by atoms with E-state index in [1.807, 2.05) is 13.8 Å². The molecule has 0 aliphatic heterocycles. The number of carbonyl (C=O) groups excluding carboxylic acids is 3. The largest absolute Gasteiger partial charge is 0.480 e. The topological polar surface area (TPSA) is 215 Å². The number of guanidine groups is 1. The van der Waals surface area contributed by atoms with Crippen LogP contribution in [0.4, 0.5) is 0 Å². The van der Waals surface area contributed by atoms with Crippen LogP contribution >= 0.6 is 12.6 Å². The number of carbonyl (C=O) groups is 4. The quantitative estimate of drug-likeness (QED) is 0.0615. The van der Waals surface area contributed by atoms with E-state index in [2.05, 4.69) is 33.6 Å². The number of aliphatic imine (C=N–C) groups is 1. The van der Waals surface area contributed by atoms with E-state index in [1.54, 1.807) is 0 Å². The molecule has 3 amide bonds. The van der Waals surface area contributed by atoms with E-state index >= 15 is 0 Å². The van der Waals surface area contributed by atoms with Gasteiger partial charge in [0.05, 0.1) is 12.6 Å². The van der Waals surface area contributed by atoms with Gasteiger partial charge >= 0.3 is 5.97 Å². The zero-order valence-electron chi connectivity index (χ0n) is 17.3. The highest BCUT2D eigenvalue weighted by atomic mass is 32.1. The molecule has 0 aliphatic rings. The van der Waals surface area contributed by atoms with Gasteiger partial charge in [-0.2, -0.15) is 12.6 Å². The molecule has 0 bridgehead atoms. The number of nitrogens with two attached hydrogens (primary N) is 3.